The smallest absolute Gasteiger partial charge is 0.0165 e. The first-order valence-electron chi connectivity index (χ1n) is 4.10. The molecule has 0 fully saturated rings. The van der Waals surface area contributed by atoms with Crippen LogP contribution in [-0.2, 0) is 0 Å². The lowest BCUT2D eigenvalue weighted by molar-refractivity contribution is 0.897. The first-order valence-corrected chi connectivity index (χ1v) is 5.09. The van der Waals surface area contributed by atoms with Crippen molar-refractivity contribution in [1.82, 2.24) is 0 Å². The van der Waals surface area contributed by atoms with E-state index >= 15 is 0 Å². The molecule has 0 spiro atoms. The molecule has 0 aromatic rings. The van der Waals surface area contributed by atoms with Gasteiger partial charge in [-0.2, -0.15) is 0 Å². The highest BCUT2D eigenvalue weighted by Gasteiger charge is 1.81. The van der Waals surface area contributed by atoms with E-state index in [2.05, 4.69) is 25.3 Å². The zero-order valence-electron chi connectivity index (χ0n) is 7.02. The molecule has 10 heavy (non-hydrogen) atoms. The predicted octanol–water partition coefficient (Wildman–Crippen LogP) is 3.64. The molecule has 59 valence electrons. The zero-order valence-corrected chi connectivity index (χ0v) is 7.84. The summed E-state index contributed by atoms with van der Waals surface area (Å²) in [6, 6.07) is 0. The molecule has 0 saturated heterocycles. The predicted molar refractivity (Wildman–Crippen MR) is 50.1 cm³/mol. The Morgan fingerprint density at radius 2 is 2.10 bits per heavy atom. The molecule has 0 aromatic carbocycles. The lowest BCUT2D eigenvalue weighted by Crippen LogP contribution is -1.72. The van der Waals surface area contributed by atoms with Crippen LogP contribution in [0.2, 0.25) is 0 Å². The molecular weight excluding hydrogens is 140 g/mol. The lowest BCUT2D eigenvalue weighted by atomic mass is 10.3. The van der Waals surface area contributed by atoms with Gasteiger partial charge in [0.2, 0.25) is 0 Å². The Morgan fingerprint density at radius 3 is 2.70 bits per heavy atom. The maximum Gasteiger partial charge on any atom is 0.0165 e. The van der Waals surface area contributed by atoms with E-state index in [9.17, 15) is 0 Å². The van der Waals surface area contributed by atoms with Crippen LogP contribution in [0.5, 0.6) is 0 Å². The van der Waals surface area contributed by atoms with Gasteiger partial charge >= 0.3 is 0 Å². The molecule has 0 aromatic heterocycles. The summed E-state index contributed by atoms with van der Waals surface area (Å²) in [4.78, 5) is 0. The van der Waals surface area contributed by atoms with Gasteiger partial charge in [0.15, 0.2) is 0 Å². The number of thioether (sulfide) groups is 1. The van der Waals surface area contributed by atoms with Gasteiger partial charge in [0.1, 0.15) is 0 Å². The van der Waals surface area contributed by atoms with Crippen molar-refractivity contribution in [3.63, 3.8) is 0 Å². The van der Waals surface area contributed by atoms with Crippen LogP contribution in [0.1, 0.15) is 39.5 Å². The normalized spacial score (nSPS) is 11.0. The Balaban J connectivity index is 2.88. The Bertz CT molecular complexity index is 76.8. The van der Waals surface area contributed by atoms with E-state index in [1.807, 2.05) is 11.8 Å². The standard InChI is InChI=1S/C9H17S/c1-3-5-7-9-10-8-6-4-2/h7H,3-6,8H2,1-2H3. The quantitative estimate of drug-likeness (QED) is 0.530. The van der Waals surface area contributed by atoms with E-state index in [0.717, 1.165) is 0 Å². The van der Waals surface area contributed by atoms with E-state index in [-0.39, 0.29) is 0 Å². The summed E-state index contributed by atoms with van der Waals surface area (Å²) in [5, 5.41) is 3.21. The molecule has 1 heteroatoms. The number of hydrogen-bond donors (Lipinski definition) is 0. The van der Waals surface area contributed by atoms with Gasteiger partial charge in [-0.3, -0.25) is 0 Å². The summed E-state index contributed by atoms with van der Waals surface area (Å²) in [5.74, 6) is 1.23. The van der Waals surface area contributed by atoms with Gasteiger partial charge in [0.05, 0.1) is 0 Å². The average molecular weight is 157 g/mol. The van der Waals surface area contributed by atoms with Crippen LogP contribution in [0.3, 0.4) is 0 Å². The van der Waals surface area contributed by atoms with Crippen LogP contribution < -0.4 is 0 Å². The van der Waals surface area contributed by atoms with Crippen molar-refractivity contribution in [3.8, 4) is 0 Å². The summed E-state index contributed by atoms with van der Waals surface area (Å²) in [6.45, 7) is 4.41. The highest BCUT2D eigenvalue weighted by atomic mass is 32.2. The van der Waals surface area contributed by atoms with Crippen LogP contribution in [-0.4, -0.2) is 5.75 Å². The van der Waals surface area contributed by atoms with Crippen LogP contribution >= 0.6 is 11.8 Å². The second-order valence-electron chi connectivity index (χ2n) is 2.31. The Kier molecular flexibility index (Phi) is 9.17. The lowest BCUT2D eigenvalue weighted by Gasteiger charge is -1.89. The number of allylic oxidation sites excluding steroid dienone is 1. The highest BCUT2D eigenvalue weighted by molar-refractivity contribution is 8.00. The fourth-order valence-electron chi connectivity index (χ4n) is 0.538. The molecule has 0 aliphatic carbocycles. The van der Waals surface area contributed by atoms with Crippen molar-refractivity contribution in [1.29, 1.82) is 0 Å². The molecule has 1 radical (unpaired) electrons. The first-order chi connectivity index (χ1) is 4.91. The molecule has 0 rings (SSSR count). The van der Waals surface area contributed by atoms with Gasteiger partial charge in [0, 0.05) is 5.41 Å². The molecule has 0 nitrogen and oxygen atoms in total. The van der Waals surface area contributed by atoms with Crippen LogP contribution in [0.15, 0.2) is 6.08 Å². The largest absolute Gasteiger partial charge is 0.125 e. The van der Waals surface area contributed by atoms with Gasteiger partial charge in [-0.1, -0.05) is 32.8 Å². The minimum atomic E-state index is 1.18. The average Bonchev–Trinajstić information content (AvgIpc) is 1.97. The summed E-state index contributed by atoms with van der Waals surface area (Å²) < 4.78 is 0. The van der Waals surface area contributed by atoms with Gasteiger partial charge in [-0.15, -0.1) is 11.8 Å². The van der Waals surface area contributed by atoms with Crippen LogP contribution in [0.4, 0.5) is 0 Å². The van der Waals surface area contributed by atoms with Crippen LogP contribution in [0, 0.1) is 5.41 Å². The second-order valence-corrected chi connectivity index (χ2v) is 3.25. The number of rotatable bonds is 6. The van der Waals surface area contributed by atoms with E-state index in [0.29, 0.717) is 0 Å². The van der Waals surface area contributed by atoms with Crippen molar-refractivity contribution >= 4 is 11.8 Å². The molecule has 0 unspecified atom stereocenters. The maximum absolute atomic E-state index is 3.21. The van der Waals surface area contributed by atoms with E-state index < -0.39 is 0 Å². The van der Waals surface area contributed by atoms with Gasteiger partial charge in [-0.05, 0) is 18.6 Å². The summed E-state index contributed by atoms with van der Waals surface area (Å²) >= 11 is 1.81. The topological polar surface area (TPSA) is 0 Å². The van der Waals surface area contributed by atoms with Crippen molar-refractivity contribution in [2.24, 2.45) is 0 Å². The zero-order chi connectivity index (χ0) is 7.66. The highest BCUT2D eigenvalue weighted by Crippen LogP contribution is 2.05. The SMILES string of the molecule is CCC/C=[C]\SCCCC. The monoisotopic (exact) mass is 157 g/mol. The van der Waals surface area contributed by atoms with Crippen molar-refractivity contribution in [2.45, 2.75) is 39.5 Å². The fraction of sp³-hybridized carbons (Fsp3) is 0.778. The molecular formula is C9H17S. The van der Waals surface area contributed by atoms with Gasteiger partial charge < -0.3 is 0 Å². The van der Waals surface area contributed by atoms with Crippen molar-refractivity contribution in [3.05, 3.63) is 11.5 Å². The van der Waals surface area contributed by atoms with E-state index in [1.54, 1.807) is 0 Å². The molecule has 0 aliphatic rings. The maximum atomic E-state index is 3.21. The number of unbranched alkanes of at least 4 members (excludes halogenated alkanes) is 2. The third-order valence-corrected chi connectivity index (χ3v) is 2.03. The minimum absolute atomic E-state index is 1.18. The van der Waals surface area contributed by atoms with Gasteiger partial charge in [-0.25, -0.2) is 0 Å². The molecule has 0 aliphatic heterocycles. The summed E-state index contributed by atoms with van der Waals surface area (Å²) in [7, 11) is 0. The Labute approximate surface area is 69.1 Å². The molecule has 0 atom stereocenters. The third kappa shape index (κ3) is 8.09. The third-order valence-electron chi connectivity index (χ3n) is 1.20. The summed E-state index contributed by atoms with van der Waals surface area (Å²) in [5.41, 5.74) is 0. The van der Waals surface area contributed by atoms with Crippen LogP contribution in [0.25, 0.3) is 0 Å². The Morgan fingerprint density at radius 1 is 1.30 bits per heavy atom. The fourth-order valence-corrected chi connectivity index (χ4v) is 1.32. The second kappa shape index (κ2) is 9.09. The number of hydrogen-bond acceptors (Lipinski definition) is 1. The first kappa shape index (κ1) is 10.1. The van der Waals surface area contributed by atoms with E-state index in [4.69, 9.17) is 0 Å². The molecule has 0 N–H and O–H groups in total. The minimum Gasteiger partial charge on any atom is -0.125 e. The Hall–Kier alpha value is 0.0900. The molecule has 0 amide bonds. The molecule has 0 heterocycles. The van der Waals surface area contributed by atoms with Crippen molar-refractivity contribution < 1.29 is 0 Å². The molecule has 0 saturated carbocycles. The van der Waals surface area contributed by atoms with E-state index in [1.165, 1.54) is 31.4 Å². The van der Waals surface area contributed by atoms with Crippen molar-refractivity contribution in [2.75, 3.05) is 5.75 Å². The van der Waals surface area contributed by atoms with Gasteiger partial charge in [0.25, 0.3) is 0 Å². The summed E-state index contributed by atoms with van der Waals surface area (Å²) in [6.07, 6.45) is 7.17. The molecule has 0 bridgehead atoms.